The van der Waals surface area contributed by atoms with Crippen molar-refractivity contribution in [3.8, 4) is 0 Å². The van der Waals surface area contributed by atoms with Crippen molar-refractivity contribution in [3.05, 3.63) is 94.0 Å². The molecule has 1 aliphatic rings. The van der Waals surface area contributed by atoms with Crippen LogP contribution in [0.15, 0.2) is 66.7 Å². The number of anilines is 2. The molecule has 38 heavy (non-hydrogen) atoms. The summed E-state index contributed by atoms with van der Waals surface area (Å²) in [6.07, 6.45) is -13.4. The molecule has 1 aliphatic heterocycles. The van der Waals surface area contributed by atoms with Crippen molar-refractivity contribution in [1.29, 1.82) is 0 Å². The highest BCUT2D eigenvalue weighted by Gasteiger charge is 2.73. The summed E-state index contributed by atoms with van der Waals surface area (Å²) < 4.78 is 95.0. The maximum Gasteiger partial charge on any atom is 0.435 e. The van der Waals surface area contributed by atoms with E-state index in [4.69, 9.17) is 11.6 Å². The zero-order valence-corrected chi connectivity index (χ0v) is 21.1. The topological polar surface area (TPSA) is 23.6 Å². The highest BCUT2D eigenvalue weighted by molar-refractivity contribution is 6.33. The molecule has 0 radical (unpaired) electrons. The van der Waals surface area contributed by atoms with E-state index in [1.165, 1.54) is 11.8 Å². The first kappa shape index (κ1) is 27.8. The Bertz CT molecular complexity index is 1340. The molecule has 0 aromatic heterocycles. The second-order valence-corrected chi connectivity index (χ2v) is 9.65. The Morgan fingerprint density at radius 2 is 1.47 bits per heavy atom. The summed E-state index contributed by atoms with van der Waals surface area (Å²) in [5, 5.41) is 0.260. The summed E-state index contributed by atoms with van der Waals surface area (Å²) in [5.41, 5.74) is -5.98. The minimum Gasteiger partial charge on any atom is -0.344 e. The van der Waals surface area contributed by atoms with Crippen LogP contribution in [0.1, 0.15) is 47.1 Å². The number of carbonyl (C=O) groups is 1. The molecule has 0 saturated heterocycles. The number of nitrogens with zero attached hydrogens (tertiary/aromatic N) is 2. The lowest BCUT2D eigenvalue weighted by Crippen LogP contribution is -2.50. The molecular formula is C27H22ClF7N2O. The Balaban J connectivity index is 1.93. The van der Waals surface area contributed by atoms with Crippen molar-refractivity contribution >= 4 is 28.9 Å². The number of hydrogen-bond donors (Lipinski definition) is 0. The number of para-hydroxylation sites is 1. The smallest absolute Gasteiger partial charge is 0.344 e. The molecule has 1 unspecified atom stereocenters. The van der Waals surface area contributed by atoms with Crippen LogP contribution >= 0.6 is 11.6 Å². The largest absolute Gasteiger partial charge is 0.435 e. The van der Waals surface area contributed by atoms with Gasteiger partial charge in [0, 0.05) is 39.1 Å². The zero-order chi connectivity index (χ0) is 28.2. The van der Waals surface area contributed by atoms with E-state index >= 15 is 0 Å². The van der Waals surface area contributed by atoms with E-state index < -0.39 is 35.7 Å². The van der Waals surface area contributed by atoms with E-state index in [9.17, 15) is 35.5 Å². The highest BCUT2D eigenvalue weighted by atomic mass is 35.5. The monoisotopic (exact) mass is 558 g/mol. The molecule has 3 aromatic carbocycles. The lowest BCUT2D eigenvalue weighted by atomic mass is 9.92. The van der Waals surface area contributed by atoms with Gasteiger partial charge in [-0.3, -0.25) is 9.69 Å². The predicted molar refractivity (Wildman–Crippen MR) is 131 cm³/mol. The van der Waals surface area contributed by atoms with Crippen LogP contribution < -0.4 is 9.80 Å². The van der Waals surface area contributed by atoms with Crippen LogP contribution in [0, 0.1) is 6.92 Å². The van der Waals surface area contributed by atoms with Crippen LogP contribution in [0.2, 0.25) is 5.02 Å². The first-order valence-electron chi connectivity index (χ1n) is 11.5. The number of alkyl halides is 7. The van der Waals surface area contributed by atoms with Crippen LogP contribution in [0.3, 0.4) is 0 Å². The number of benzene rings is 3. The van der Waals surface area contributed by atoms with Crippen molar-refractivity contribution in [2.45, 2.75) is 51.0 Å². The average molecular weight is 559 g/mol. The molecule has 0 N–H and O–H groups in total. The standard InChI is InChI=1S/C27H22ClF7N2O/c1-15(2)36(18-8-5-4-6-9-18)23-22-19(10-7-11-20(22)28)24(38)37(23)21-13-12-17(14-16(21)3)25(29,26(30,31)32)27(33,34)35/h4-15,23H,1-3H3. The summed E-state index contributed by atoms with van der Waals surface area (Å²) in [4.78, 5) is 16.8. The van der Waals surface area contributed by atoms with Crippen molar-refractivity contribution in [2.24, 2.45) is 0 Å². The Morgan fingerprint density at radius 3 is 2.00 bits per heavy atom. The van der Waals surface area contributed by atoms with Gasteiger partial charge in [0.05, 0.1) is 0 Å². The molecule has 1 atom stereocenters. The fourth-order valence-electron chi connectivity index (χ4n) is 4.81. The zero-order valence-electron chi connectivity index (χ0n) is 20.3. The van der Waals surface area contributed by atoms with Gasteiger partial charge in [0.15, 0.2) is 0 Å². The van der Waals surface area contributed by atoms with Crippen LogP contribution in [0.5, 0.6) is 0 Å². The second-order valence-electron chi connectivity index (χ2n) is 9.24. The second kappa shape index (κ2) is 9.48. The van der Waals surface area contributed by atoms with Gasteiger partial charge in [-0.2, -0.15) is 26.3 Å². The van der Waals surface area contributed by atoms with Gasteiger partial charge in [-0.1, -0.05) is 48.0 Å². The van der Waals surface area contributed by atoms with Gasteiger partial charge in [-0.05, 0) is 56.7 Å². The molecule has 3 aromatic rings. The minimum atomic E-state index is -6.25. The SMILES string of the molecule is Cc1cc(C(F)(C(F)(F)F)C(F)(F)F)ccc1N1C(=O)c2cccc(Cl)c2C1N(c1ccccc1)C(C)C. The first-order valence-corrected chi connectivity index (χ1v) is 11.9. The molecule has 0 aliphatic carbocycles. The summed E-state index contributed by atoms with van der Waals surface area (Å²) in [6, 6.07) is 15.3. The third kappa shape index (κ3) is 4.28. The van der Waals surface area contributed by atoms with Gasteiger partial charge in [-0.15, -0.1) is 0 Å². The summed E-state index contributed by atoms with van der Waals surface area (Å²) in [7, 11) is 0. The van der Waals surface area contributed by atoms with Crippen molar-refractivity contribution in [2.75, 3.05) is 9.80 Å². The van der Waals surface area contributed by atoms with Crippen LogP contribution in [-0.4, -0.2) is 24.3 Å². The molecule has 1 heterocycles. The maximum absolute atomic E-state index is 14.7. The molecule has 0 bridgehead atoms. The van der Waals surface area contributed by atoms with E-state index in [2.05, 4.69) is 0 Å². The van der Waals surface area contributed by atoms with Gasteiger partial charge in [0.1, 0.15) is 6.17 Å². The molecule has 11 heteroatoms. The van der Waals surface area contributed by atoms with Crippen LogP contribution in [0.4, 0.5) is 42.1 Å². The molecule has 1 amide bonds. The summed E-state index contributed by atoms with van der Waals surface area (Å²) in [6.45, 7) is 4.96. The number of carbonyl (C=O) groups excluding carboxylic acids is 1. The number of halogens is 8. The normalized spacial score (nSPS) is 16.3. The van der Waals surface area contributed by atoms with Gasteiger partial charge in [0.25, 0.3) is 5.91 Å². The van der Waals surface area contributed by atoms with Gasteiger partial charge < -0.3 is 4.90 Å². The van der Waals surface area contributed by atoms with Crippen LogP contribution in [0.25, 0.3) is 0 Å². The van der Waals surface area contributed by atoms with Gasteiger partial charge >= 0.3 is 18.0 Å². The Kier molecular flexibility index (Phi) is 6.93. The number of hydrogen-bond acceptors (Lipinski definition) is 2. The fourth-order valence-corrected chi connectivity index (χ4v) is 5.08. The molecular weight excluding hydrogens is 537 g/mol. The Morgan fingerprint density at radius 1 is 0.868 bits per heavy atom. The number of aryl methyl sites for hydroxylation is 1. The van der Waals surface area contributed by atoms with Gasteiger partial charge in [-0.25, -0.2) is 4.39 Å². The van der Waals surface area contributed by atoms with Crippen LogP contribution in [-0.2, 0) is 5.67 Å². The van der Waals surface area contributed by atoms with Crippen molar-refractivity contribution in [1.82, 2.24) is 0 Å². The molecule has 0 fully saturated rings. The summed E-state index contributed by atoms with van der Waals surface area (Å²) >= 11 is 6.54. The Labute approximate surface area is 219 Å². The van der Waals surface area contributed by atoms with E-state index in [-0.39, 0.29) is 27.9 Å². The van der Waals surface area contributed by atoms with E-state index in [1.807, 2.05) is 18.7 Å². The van der Waals surface area contributed by atoms with Crippen molar-refractivity contribution in [3.63, 3.8) is 0 Å². The van der Waals surface area contributed by atoms with E-state index in [0.717, 1.165) is 6.07 Å². The molecule has 202 valence electrons. The quantitative estimate of drug-likeness (QED) is 0.293. The minimum absolute atomic E-state index is 0.0179. The lowest BCUT2D eigenvalue weighted by Gasteiger charge is -2.41. The lowest BCUT2D eigenvalue weighted by molar-refractivity contribution is -0.348. The van der Waals surface area contributed by atoms with E-state index in [0.29, 0.717) is 23.4 Å². The number of fused-ring (bicyclic) bond motifs is 1. The maximum atomic E-state index is 14.7. The van der Waals surface area contributed by atoms with Gasteiger partial charge in [0.2, 0.25) is 0 Å². The molecule has 3 nitrogen and oxygen atoms in total. The third-order valence-corrected chi connectivity index (χ3v) is 6.84. The third-order valence-electron chi connectivity index (χ3n) is 6.51. The molecule has 0 spiro atoms. The average Bonchev–Trinajstić information content (AvgIpc) is 3.10. The van der Waals surface area contributed by atoms with E-state index in [1.54, 1.807) is 48.5 Å². The first-order chi connectivity index (χ1) is 17.6. The van der Waals surface area contributed by atoms with Crippen molar-refractivity contribution < 1.29 is 35.5 Å². The number of amides is 1. The summed E-state index contributed by atoms with van der Waals surface area (Å²) in [5.74, 6) is -0.553. The highest BCUT2D eigenvalue weighted by Crippen LogP contribution is 2.54. The predicted octanol–water partition coefficient (Wildman–Crippen LogP) is 8.51. The number of rotatable bonds is 5. The molecule has 4 rings (SSSR count). The Hall–Kier alpha value is -3.27. The fraction of sp³-hybridized carbons (Fsp3) is 0.296. The molecule has 0 saturated carbocycles.